The van der Waals surface area contributed by atoms with Crippen molar-refractivity contribution in [1.82, 2.24) is 0 Å². The number of hydrogen-bond donors (Lipinski definition) is 1. The summed E-state index contributed by atoms with van der Waals surface area (Å²) >= 11 is 0. The van der Waals surface area contributed by atoms with E-state index < -0.39 is 8.24 Å². The van der Waals surface area contributed by atoms with Crippen molar-refractivity contribution in [2.75, 3.05) is 4.98 Å². The van der Waals surface area contributed by atoms with Crippen LogP contribution in [0.2, 0.25) is 11.6 Å². The smallest absolute Gasteiger partial charge is 0.196 e. The molecule has 2 aromatic rings. The number of rotatable bonds is 4. The molecule has 0 fully saturated rings. The fourth-order valence-corrected chi connectivity index (χ4v) is 8.84. The second kappa shape index (κ2) is 6.10. The van der Waals surface area contributed by atoms with Gasteiger partial charge in [0, 0.05) is 10.7 Å². The van der Waals surface area contributed by atoms with Crippen LogP contribution >= 0.6 is 0 Å². The Balaban J connectivity index is 2.19. The van der Waals surface area contributed by atoms with E-state index in [1.807, 2.05) is 0 Å². The number of nitrogens with one attached hydrogen (secondary N) is 1. The molecule has 1 N–H and O–H groups in total. The first-order valence-corrected chi connectivity index (χ1v) is 11.1. The quantitative estimate of drug-likeness (QED) is 0.729. The molecule has 0 saturated carbocycles. The number of benzene rings is 2. The molecule has 0 radical (unpaired) electrons. The molecule has 1 aliphatic carbocycles. The monoisotopic (exact) mass is 333 g/mol. The minimum atomic E-state index is -2.14. The Labute approximate surface area is 147 Å². The normalized spacial score (nSPS) is 18.3. The van der Waals surface area contributed by atoms with E-state index in [0.717, 1.165) is 0 Å². The van der Waals surface area contributed by atoms with Gasteiger partial charge in [-0.2, -0.15) is 0 Å². The SMILES string of the molecule is CC(C)(C)C1([Si](C)(Nc2ccccc2)c2ccccc2)C=CC=C1. The minimum absolute atomic E-state index is 0.0111. The molecule has 0 saturated heterocycles. The van der Waals surface area contributed by atoms with Gasteiger partial charge in [-0.1, -0.05) is 93.6 Å². The van der Waals surface area contributed by atoms with Gasteiger partial charge in [-0.25, -0.2) is 0 Å². The maximum absolute atomic E-state index is 4.00. The lowest BCUT2D eigenvalue weighted by Crippen LogP contribution is -2.64. The van der Waals surface area contributed by atoms with E-state index in [9.17, 15) is 0 Å². The molecule has 0 amide bonds. The van der Waals surface area contributed by atoms with Gasteiger partial charge >= 0.3 is 0 Å². The molecule has 2 aromatic carbocycles. The van der Waals surface area contributed by atoms with Crippen molar-refractivity contribution in [3.8, 4) is 0 Å². The molecule has 24 heavy (non-hydrogen) atoms. The maximum Gasteiger partial charge on any atom is 0.196 e. The molecule has 1 atom stereocenters. The minimum Gasteiger partial charge on any atom is -0.406 e. The van der Waals surface area contributed by atoms with Gasteiger partial charge in [-0.3, -0.25) is 0 Å². The van der Waals surface area contributed by atoms with Crippen LogP contribution in [0.15, 0.2) is 85.0 Å². The van der Waals surface area contributed by atoms with Gasteiger partial charge in [0.1, 0.15) is 0 Å². The van der Waals surface area contributed by atoms with Gasteiger partial charge in [0.2, 0.25) is 0 Å². The van der Waals surface area contributed by atoms with E-state index >= 15 is 0 Å². The standard InChI is InChI=1S/C22H27NSi/c1-21(2,3)22(17-11-12-18-22)24(4,20-15-9-6-10-16-20)23-19-13-7-5-8-14-19/h5-18,23H,1-4H3. The summed E-state index contributed by atoms with van der Waals surface area (Å²) in [6.45, 7) is 9.52. The Kier molecular flexibility index (Phi) is 4.27. The van der Waals surface area contributed by atoms with Gasteiger partial charge in [0.05, 0.1) is 0 Å². The van der Waals surface area contributed by atoms with Gasteiger partial charge < -0.3 is 4.98 Å². The molecule has 0 aliphatic heterocycles. The van der Waals surface area contributed by atoms with Crippen LogP contribution in [0.1, 0.15) is 20.8 Å². The average Bonchev–Trinajstić information content (AvgIpc) is 3.08. The molecule has 0 heterocycles. The van der Waals surface area contributed by atoms with Crippen molar-refractivity contribution < 1.29 is 0 Å². The van der Waals surface area contributed by atoms with E-state index in [2.05, 4.69) is 117 Å². The molecule has 1 aliphatic rings. The van der Waals surface area contributed by atoms with Crippen molar-refractivity contribution >= 4 is 19.1 Å². The number of hydrogen-bond acceptors (Lipinski definition) is 1. The third kappa shape index (κ3) is 2.65. The summed E-state index contributed by atoms with van der Waals surface area (Å²) in [5.74, 6) is 0. The van der Waals surface area contributed by atoms with E-state index in [4.69, 9.17) is 0 Å². The first-order chi connectivity index (χ1) is 11.4. The summed E-state index contributed by atoms with van der Waals surface area (Å²) in [5, 5.41) is 1.44. The largest absolute Gasteiger partial charge is 0.406 e. The zero-order valence-electron chi connectivity index (χ0n) is 15.1. The highest BCUT2D eigenvalue weighted by molar-refractivity contribution is 6.96. The summed E-state index contributed by atoms with van der Waals surface area (Å²) in [5.41, 5.74) is 1.32. The molecule has 1 unspecified atom stereocenters. The van der Waals surface area contributed by atoms with Gasteiger partial charge in [0.25, 0.3) is 0 Å². The number of para-hydroxylation sites is 1. The van der Waals surface area contributed by atoms with Crippen LogP contribution in [0, 0.1) is 5.41 Å². The van der Waals surface area contributed by atoms with Crippen LogP contribution in [0.5, 0.6) is 0 Å². The Morgan fingerprint density at radius 1 is 0.792 bits per heavy atom. The number of allylic oxidation sites excluding steroid dienone is 4. The summed E-state index contributed by atoms with van der Waals surface area (Å²) < 4.78 is 0. The zero-order valence-corrected chi connectivity index (χ0v) is 16.1. The number of anilines is 1. The highest BCUT2D eigenvalue weighted by Gasteiger charge is 2.56. The zero-order chi connectivity index (χ0) is 17.3. The third-order valence-corrected chi connectivity index (χ3v) is 10.4. The second-order valence-electron chi connectivity index (χ2n) is 7.82. The molecule has 0 aromatic heterocycles. The van der Waals surface area contributed by atoms with Gasteiger partial charge in [-0.15, -0.1) is 0 Å². The summed E-state index contributed by atoms with van der Waals surface area (Å²) in [7, 11) is -2.14. The molecule has 1 nitrogen and oxygen atoms in total. The van der Waals surface area contributed by atoms with Crippen LogP contribution in [-0.2, 0) is 0 Å². The Morgan fingerprint density at radius 2 is 1.29 bits per heavy atom. The van der Waals surface area contributed by atoms with Crippen molar-refractivity contribution in [3.63, 3.8) is 0 Å². The Morgan fingerprint density at radius 3 is 1.79 bits per heavy atom. The highest BCUT2D eigenvalue weighted by Crippen LogP contribution is 2.56. The van der Waals surface area contributed by atoms with Gasteiger partial charge in [-0.05, 0) is 29.3 Å². The summed E-state index contributed by atoms with van der Waals surface area (Å²) in [6.07, 6.45) is 9.27. The average molecular weight is 334 g/mol. The Bertz CT molecular complexity index is 729. The van der Waals surface area contributed by atoms with Gasteiger partial charge in [0.15, 0.2) is 8.24 Å². The first-order valence-electron chi connectivity index (χ1n) is 8.65. The predicted octanol–water partition coefficient (Wildman–Crippen LogP) is 5.49. The van der Waals surface area contributed by atoms with Crippen molar-refractivity contribution in [2.45, 2.75) is 32.4 Å². The van der Waals surface area contributed by atoms with E-state index in [1.165, 1.54) is 10.9 Å². The summed E-state index contributed by atoms with van der Waals surface area (Å²) in [4.78, 5) is 4.00. The van der Waals surface area contributed by atoms with Crippen LogP contribution < -0.4 is 10.2 Å². The molecule has 0 spiro atoms. The van der Waals surface area contributed by atoms with Crippen molar-refractivity contribution in [3.05, 3.63) is 85.0 Å². The van der Waals surface area contributed by atoms with E-state index in [0.29, 0.717) is 0 Å². The predicted molar refractivity (Wildman–Crippen MR) is 108 cm³/mol. The van der Waals surface area contributed by atoms with Crippen molar-refractivity contribution in [2.24, 2.45) is 5.41 Å². The van der Waals surface area contributed by atoms with Crippen LogP contribution in [0.3, 0.4) is 0 Å². The third-order valence-electron chi connectivity index (χ3n) is 5.42. The first kappa shape index (κ1) is 16.8. The lowest BCUT2D eigenvalue weighted by molar-refractivity contribution is 0.351. The fourth-order valence-electron chi connectivity index (χ4n) is 4.05. The fraction of sp³-hybridized carbons (Fsp3) is 0.273. The second-order valence-corrected chi connectivity index (χ2v) is 11.7. The molecular weight excluding hydrogens is 306 g/mol. The van der Waals surface area contributed by atoms with E-state index in [1.54, 1.807) is 0 Å². The maximum atomic E-state index is 4.00. The lowest BCUT2D eigenvalue weighted by atomic mass is 9.80. The molecule has 124 valence electrons. The molecule has 2 heteroatoms. The van der Waals surface area contributed by atoms with Crippen LogP contribution in [0.25, 0.3) is 0 Å². The Hall–Kier alpha value is -2.06. The lowest BCUT2D eigenvalue weighted by Gasteiger charge is -2.51. The highest BCUT2D eigenvalue weighted by atomic mass is 28.3. The molecule has 3 rings (SSSR count). The molecule has 0 bridgehead atoms. The van der Waals surface area contributed by atoms with Crippen LogP contribution in [-0.4, -0.2) is 8.24 Å². The van der Waals surface area contributed by atoms with Crippen molar-refractivity contribution in [1.29, 1.82) is 0 Å². The van der Waals surface area contributed by atoms with E-state index in [-0.39, 0.29) is 10.5 Å². The van der Waals surface area contributed by atoms with Crippen LogP contribution in [0.4, 0.5) is 5.69 Å². The summed E-state index contributed by atoms with van der Waals surface area (Å²) in [6, 6.07) is 21.6. The molecular formula is C22H27NSi. The topological polar surface area (TPSA) is 12.0 Å².